The fraction of sp³-hybridized carbons (Fsp3) is 0.409. The van der Waals surface area contributed by atoms with Crippen LogP contribution in [-0.4, -0.2) is 45.0 Å². The van der Waals surface area contributed by atoms with Crippen LogP contribution in [0, 0.1) is 11.2 Å². The first kappa shape index (κ1) is 20.3. The van der Waals surface area contributed by atoms with Gasteiger partial charge in [0.05, 0.1) is 6.54 Å². The number of alkyl halides is 1. The number of nitrogens with zero attached hydrogens (tertiary/aromatic N) is 4. The molecule has 0 unspecified atom stereocenters. The number of fused-ring (bicyclic) bond motifs is 1. The number of likely N-dealkylation sites (tertiary alicyclic amines) is 1. The van der Waals surface area contributed by atoms with Crippen LogP contribution in [-0.2, 0) is 6.42 Å². The van der Waals surface area contributed by atoms with E-state index in [4.69, 9.17) is 0 Å². The molecule has 1 saturated heterocycles. The zero-order valence-electron chi connectivity index (χ0n) is 17.3. The van der Waals surface area contributed by atoms with Gasteiger partial charge in [0.25, 0.3) is 0 Å². The summed E-state index contributed by atoms with van der Waals surface area (Å²) in [5.74, 6) is -0.472. The average Bonchev–Trinajstić information content (AvgIpc) is 3.27. The highest BCUT2D eigenvalue weighted by atomic mass is 19.1. The molecule has 6 nitrogen and oxygen atoms in total. The normalized spacial score (nSPS) is 17.0. The van der Waals surface area contributed by atoms with E-state index < -0.39 is 18.0 Å². The summed E-state index contributed by atoms with van der Waals surface area (Å²) in [6, 6.07) is 5.88. The Morgan fingerprint density at radius 3 is 2.80 bits per heavy atom. The number of carbonyl (C=O) groups excluding carboxylic acids is 1. The monoisotopic (exact) mass is 413 g/mol. The molecule has 4 rings (SSSR count). The number of halogens is 2. The third-order valence-corrected chi connectivity index (χ3v) is 5.01. The minimum Gasteiger partial charge on any atom is -0.322 e. The average molecular weight is 413 g/mol. The van der Waals surface area contributed by atoms with Crippen molar-refractivity contribution in [1.29, 1.82) is 0 Å². The molecule has 1 N–H and O–H groups in total. The van der Waals surface area contributed by atoms with E-state index in [1.54, 1.807) is 12.4 Å². The smallest absolute Gasteiger partial charge is 0.321 e. The van der Waals surface area contributed by atoms with Crippen LogP contribution >= 0.6 is 0 Å². The third kappa shape index (κ3) is 4.42. The van der Waals surface area contributed by atoms with Gasteiger partial charge in [0.1, 0.15) is 17.7 Å². The zero-order valence-corrected chi connectivity index (χ0v) is 17.3. The molecule has 1 aliphatic heterocycles. The molecule has 30 heavy (non-hydrogen) atoms. The number of rotatable bonds is 3. The standard InChI is InChI=1S/C22H25F2N5O/c1-22(2,3)10-14-8-15-12-29(27-20(15)25-11-14)19-9-17(4-5-18(19)24)26-21(30)28-7-6-16(23)13-28/h4-5,8-9,11-12,16H,6-7,10,13H2,1-3H3,(H,26,30)/t16-/m1/s1. The van der Waals surface area contributed by atoms with Crippen molar-refractivity contribution in [3.63, 3.8) is 0 Å². The van der Waals surface area contributed by atoms with Crippen molar-refractivity contribution < 1.29 is 13.6 Å². The molecule has 3 heterocycles. The number of benzene rings is 1. The van der Waals surface area contributed by atoms with E-state index in [9.17, 15) is 13.6 Å². The van der Waals surface area contributed by atoms with Crippen LogP contribution in [0.5, 0.6) is 0 Å². The number of pyridine rings is 1. The SMILES string of the molecule is CC(C)(C)Cc1cnc2nn(-c3cc(NC(=O)N4CC[C@@H](F)C4)ccc3F)cc2c1. The van der Waals surface area contributed by atoms with Crippen LogP contribution in [0.15, 0.2) is 36.7 Å². The van der Waals surface area contributed by atoms with Gasteiger partial charge in [0.2, 0.25) is 0 Å². The molecule has 1 atom stereocenters. The number of carbonyl (C=O) groups is 1. The van der Waals surface area contributed by atoms with Gasteiger partial charge < -0.3 is 10.2 Å². The number of urea groups is 1. The summed E-state index contributed by atoms with van der Waals surface area (Å²) in [6.07, 6.45) is 3.74. The molecule has 0 radical (unpaired) electrons. The molecular formula is C22H25F2N5O. The van der Waals surface area contributed by atoms with E-state index in [2.05, 4.69) is 36.2 Å². The predicted octanol–water partition coefficient (Wildman–Crippen LogP) is 4.72. The first-order chi connectivity index (χ1) is 14.2. The van der Waals surface area contributed by atoms with E-state index in [0.29, 0.717) is 24.3 Å². The number of hydrogen-bond donors (Lipinski definition) is 1. The molecule has 2 aromatic heterocycles. The first-order valence-corrected chi connectivity index (χ1v) is 10.0. The van der Waals surface area contributed by atoms with Gasteiger partial charge in [-0.1, -0.05) is 20.8 Å². The summed E-state index contributed by atoms with van der Waals surface area (Å²) in [4.78, 5) is 18.1. The molecule has 0 saturated carbocycles. The van der Waals surface area contributed by atoms with Crippen molar-refractivity contribution in [1.82, 2.24) is 19.7 Å². The van der Waals surface area contributed by atoms with Crippen molar-refractivity contribution in [2.75, 3.05) is 18.4 Å². The van der Waals surface area contributed by atoms with Gasteiger partial charge in [0, 0.05) is 30.0 Å². The highest BCUT2D eigenvalue weighted by Crippen LogP contribution is 2.25. The maximum Gasteiger partial charge on any atom is 0.321 e. The maximum absolute atomic E-state index is 14.5. The number of nitrogens with one attached hydrogen (secondary N) is 1. The highest BCUT2D eigenvalue weighted by Gasteiger charge is 2.26. The van der Waals surface area contributed by atoms with E-state index in [-0.39, 0.29) is 17.6 Å². The van der Waals surface area contributed by atoms with Crippen LogP contribution in [0.2, 0.25) is 0 Å². The minimum atomic E-state index is -0.994. The maximum atomic E-state index is 14.5. The molecule has 0 bridgehead atoms. The van der Waals surface area contributed by atoms with E-state index in [0.717, 1.165) is 17.4 Å². The second-order valence-electron chi connectivity index (χ2n) is 9.00. The quantitative estimate of drug-likeness (QED) is 0.676. The lowest BCUT2D eigenvalue weighted by atomic mass is 9.89. The van der Waals surface area contributed by atoms with E-state index in [1.807, 2.05) is 6.07 Å². The Morgan fingerprint density at radius 1 is 1.30 bits per heavy atom. The second kappa shape index (κ2) is 7.66. The largest absolute Gasteiger partial charge is 0.322 e. The number of aromatic nitrogens is 3. The van der Waals surface area contributed by atoms with Crippen molar-refractivity contribution in [3.8, 4) is 5.69 Å². The Hall–Kier alpha value is -3.03. The van der Waals surface area contributed by atoms with Gasteiger partial charge in [-0.25, -0.2) is 23.2 Å². The zero-order chi connectivity index (χ0) is 21.5. The Morgan fingerprint density at radius 2 is 2.10 bits per heavy atom. The molecular weight excluding hydrogens is 388 g/mol. The molecule has 1 aliphatic rings. The highest BCUT2D eigenvalue weighted by molar-refractivity contribution is 5.90. The minimum absolute atomic E-state index is 0.0764. The molecule has 158 valence electrons. The van der Waals surface area contributed by atoms with Crippen molar-refractivity contribution in [2.45, 2.75) is 39.8 Å². The van der Waals surface area contributed by atoms with E-state index in [1.165, 1.54) is 27.8 Å². The third-order valence-electron chi connectivity index (χ3n) is 5.01. The number of hydrogen-bond acceptors (Lipinski definition) is 3. The summed E-state index contributed by atoms with van der Waals surface area (Å²) in [6.45, 7) is 6.92. The van der Waals surface area contributed by atoms with Crippen molar-refractivity contribution >= 4 is 22.8 Å². The van der Waals surface area contributed by atoms with Gasteiger partial charge in [-0.3, -0.25) is 0 Å². The Bertz CT molecular complexity index is 1090. The van der Waals surface area contributed by atoms with Gasteiger partial charge >= 0.3 is 6.03 Å². The lowest BCUT2D eigenvalue weighted by Crippen LogP contribution is -2.33. The van der Waals surface area contributed by atoms with E-state index >= 15 is 0 Å². The fourth-order valence-corrected chi connectivity index (χ4v) is 3.66. The van der Waals surface area contributed by atoms with Crippen molar-refractivity contribution in [3.05, 3.63) is 48.0 Å². The van der Waals surface area contributed by atoms with Gasteiger partial charge in [-0.05, 0) is 48.1 Å². The van der Waals surface area contributed by atoms with Crippen molar-refractivity contribution in [2.24, 2.45) is 5.41 Å². The molecule has 8 heteroatoms. The Balaban J connectivity index is 1.59. The van der Waals surface area contributed by atoms with Crippen LogP contribution in [0.3, 0.4) is 0 Å². The number of amides is 2. The summed E-state index contributed by atoms with van der Waals surface area (Å²) in [5, 5.41) is 7.91. The summed E-state index contributed by atoms with van der Waals surface area (Å²) < 4.78 is 29.3. The lowest BCUT2D eigenvalue weighted by molar-refractivity contribution is 0.218. The number of anilines is 1. The fourth-order valence-electron chi connectivity index (χ4n) is 3.66. The predicted molar refractivity (Wildman–Crippen MR) is 112 cm³/mol. The van der Waals surface area contributed by atoms with Crippen LogP contribution in [0.4, 0.5) is 19.3 Å². The summed E-state index contributed by atoms with van der Waals surface area (Å²) in [5.41, 5.74) is 2.36. The van der Waals surface area contributed by atoms with Crippen LogP contribution < -0.4 is 5.32 Å². The second-order valence-corrected chi connectivity index (χ2v) is 9.00. The van der Waals surface area contributed by atoms with Crippen LogP contribution in [0.1, 0.15) is 32.8 Å². The lowest BCUT2D eigenvalue weighted by Gasteiger charge is -2.17. The summed E-state index contributed by atoms with van der Waals surface area (Å²) in [7, 11) is 0. The topological polar surface area (TPSA) is 63.1 Å². The van der Waals surface area contributed by atoms with Gasteiger partial charge in [-0.2, -0.15) is 0 Å². The van der Waals surface area contributed by atoms with Gasteiger partial charge in [-0.15, -0.1) is 5.10 Å². The van der Waals surface area contributed by atoms with Gasteiger partial charge in [0.15, 0.2) is 5.65 Å². The summed E-state index contributed by atoms with van der Waals surface area (Å²) >= 11 is 0. The molecule has 3 aromatic rings. The Kier molecular flexibility index (Phi) is 5.17. The van der Waals surface area contributed by atoms with Crippen LogP contribution in [0.25, 0.3) is 16.7 Å². The molecule has 1 aromatic carbocycles. The first-order valence-electron chi connectivity index (χ1n) is 10.0. The molecule has 0 aliphatic carbocycles. The Labute approximate surface area is 173 Å². The molecule has 0 spiro atoms. The molecule has 2 amide bonds. The molecule has 1 fully saturated rings.